The lowest BCUT2D eigenvalue weighted by Gasteiger charge is -2.15. The summed E-state index contributed by atoms with van der Waals surface area (Å²) in [4.78, 5) is 8.46. The molecule has 1 aromatic heterocycles. The Labute approximate surface area is 218 Å². The first kappa shape index (κ1) is 26.1. The van der Waals surface area contributed by atoms with Crippen molar-refractivity contribution in [3.63, 3.8) is 0 Å². The molecule has 0 fully saturated rings. The predicted molar refractivity (Wildman–Crippen MR) is 129 cm³/mol. The molecule has 0 spiro atoms. The molecule has 8 nitrogen and oxygen atoms in total. The number of fused-ring (bicyclic) bond motifs is 1. The average Bonchev–Trinajstić information content (AvgIpc) is 3.32. The maximum atomic E-state index is 14.1. The van der Waals surface area contributed by atoms with E-state index in [1.54, 1.807) is 0 Å². The summed E-state index contributed by atoms with van der Waals surface area (Å²) in [7, 11) is 0. The maximum Gasteiger partial charge on any atom is 0.417 e. The Morgan fingerprint density at radius 2 is 1.74 bits per heavy atom. The van der Waals surface area contributed by atoms with Crippen molar-refractivity contribution < 1.29 is 31.8 Å². The van der Waals surface area contributed by atoms with Crippen molar-refractivity contribution in [2.45, 2.75) is 25.7 Å². The van der Waals surface area contributed by atoms with Crippen molar-refractivity contribution in [1.29, 1.82) is 0 Å². The molecular formula is C26H19F5N6O2. The molecule has 0 radical (unpaired) electrons. The largest absolute Gasteiger partial charge is 0.491 e. The number of rotatable bonds is 7. The van der Waals surface area contributed by atoms with Crippen molar-refractivity contribution in [3.8, 4) is 39.8 Å². The topological polar surface area (TPSA) is 98.8 Å². The van der Waals surface area contributed by atoms with Gasteiger partial charge >= 0.3 is 6.18 Å². The number of aromatic nitrogens is 6. The number of imidazole rings is 1. The van der Waals surface area contributed by atoms with Crippen LogP contribution in [0, 0.1) is 11.6 Å². The first-order valence-electron chi connectivity index (χ1n) is 11.6. The Morgan fingerprint density at radius 1 is 0.949 bits per heavy atom. The molecule has 39 heavy (non-hydrogen) atoms. The van der Waals surface area contributed by atoms with Gasteiger partial charge in [-0.1, -0.05) is 6.07 Å². The van der Waals surface area contributed by atoms with Crippen LogP contribution in [0.5, 0.6) is 5.75 Å². The van der Waals surface area contributed by atoms with Crippen LogP contribution in [0.3, 0.4) is 0 Å². The minimum absolute atomic E-state index is 0.00484. The first-order valence-corrected chi connectivity index (χ1v) is 11.6. The summed E-state index contributed by atoms with van der Waals surface area (Å²) in [6.07, 6.45) is -2.58. The van der Waals surface area contributed by atoms with Gasteiger partial charge in [-0.2, -0.15) is 28.5 Å². The van der Waals surface area contributed by atoms with Gasteiger partial charge in [0.25, 0.3) is 0 Å². The van der Waals surface area contributed by atoms with Crippen molar-refractivity contribution in [2.75, 3.05) is 6.61 Å². The van der Waals surface area contributed by atoms with Gasteiger partial charge in [0.2, 0.25) is 0 Å². The number of halogens is 5. The molecule has 5 rings (SSSR count). The molecule has 3 heterocycles. The molecule has 0 saturated carbocycles. The van der Waals surface area contributed by atoms with E-state index in [-0.39, 0.29) is 41.5 Å². The molecular weight excluding hydrogens is 523 g/mol. The van der Waals surface area contributed by atoms with Crippen LogP contribution in [0.15, 0.2) is 60.9 Å². The lowest BCUT2D eigenvalue weighted by molar-refractivity contribution is -0.137. The molecule has 2 aliphatic rings. The van der Waals surface area contributed by atoms with E-state index < -0.39 is 29.5 Å². The van der Waals surface area contributed by atoms with Gasteiger partial charge in [-0.15, -0.1) is 0 Å². The van der Waals surface area contributed by atoms with Crippen LogP contribution in [0.1, 0.15) is 18.2 Å². The van der Waals surface area contributed by atoms with Gasteiger partial charge in [0, 0.05) is 5.56 Å². The molecule has 3 aromatic rings. The maximum absolute atomic E-state index is 14.1. The normalized spacial score (nSPS) is 12.6. The van der Waals surface area contributed by atoms with Crippen LogP contribution < -0.4 is 4.74 Å². The van der Waals surface area contributed by atoms with Gasteiger partial charge in [0.1, 0.15) is 23.7 Å². The Bertz CT molecular complexity index is 1590. The lowest BCUT2D eigenvalue weighted by atomic mass is 10.0. The third-order valence-electron chi connectivity index (χ3n) is 5.61. The van der Waals surface area contributed by atoms with E-state index in [0.717, 1.165) is 12.1 Å². The van der Waals surface area contributed by atoms with E-state index in [9.17, 15) is 27.1 Å². The molecule has 200 valence electrons. The number of aliphatic hydroxyl groups excluding tert-OH is 1. The van der Waals surface area contributed by atoms with E-state index in [4.69, 9.17) is 4.74 Å². The number of nitrogens with zero attached hydrogens (tertiary/aromatic N) is 6. The molecule has 1 atom stereocenters. The molecule has 1 N–H and O–H groups in total. The highest BCUT2D eigenvalue weighted by atomic mass is 19.4. The fourth-order valence-corrected chi connectivity index (χ4v) is 3.79. The van der Waals surface area contributed by atoms with E-state index >= 15 is 0 Å². The summed E-state index contributed by atoms with van der Waals surface area (Å²) in [5.74, 6) is -2.10. The fourth-order valence-electron chi connectivity index (χ4n) is 3.79. The van der Waals surface area contributed by atoms with E-state index in [1.165, 1.54) is 60.4 Å². The number of benzene rings is 2. The Balaban J connectivity index is 1.37. The molecule has 0 amide bonds. The van der Waals surface area contributed by atoms with Gasteiger partial charge in [-0.25, -0.2) is 18.7 Å². The molecule has 1 unspecified atom stereocenters. The van der Waals surface area contributed by atoms with Gasteiger partial charge in [0.05, 0.1) is 47.6 Å². The number of alkyl halides is 3. The second-order valence-corrected chi connectivity index (χ2v) is 8.67. The number of ether oxygens (including phenoxy) is 1. The van der Waals surface area contributed by atoms with Crippen LogP contribution in [-0.2, 0) is 12.7 Å². The van der Waals surface area contributed by atoms with Gasteiger partial charge < -0.3 is 9.84 Å². The van der Waals surface area contributed by atoms with Gasteiger partial charge in [-0.3, -0.25) is 4.68 Å². The zero-order valence-corrected chi connectivity index (χ0v) is 20.2. The van der Waals surface area contributed by atoms with Crippen molar-refractivity contribution >= 4 is 0 Å². The molecule has 0 bridgehead atoms. The summed E-state index contributed by atoms with van der Waals surface area (Å²) < 4.78 is 75.6. The molecule has 13 heteroatoms. The smallest absolute Gasteiger partial charge is 0.417 e. The second-order valence-electron chi connectivity index (χ2n) is 8.67. The minimum Gasteiger partial charge on any atom is -0.491 e. The number of aliphatic hydroxyl groups is 1. The van der Waals surface area contributed by atoms with E-state index in [2.05, 4.69) is 25.3 Å². The monoisotopic (exact) mass is 542 g/mol. The summed E-state index contributed by atoms with van der Waals surface area (Å²) in [5, 5.41) is 21.5. The Hall–Kier alpha value is -4.52. The van der Waals surface area contributed by atoms with Crippen molar-refractivity contribution in [2.24, 2.45) is 0 Å². The SMILES string of the molecule is CC(O)COc1ccc(-c2ccc(Cn3cc4nc(-c5cccc(F)c5F)nc-4cn3)nn2)c(C(F)(F)F)c1. The predicted octanol–water partition coefficient (Wildman–Crippen LogP) is 5.01. The Kier molecular flexibility index (Phi) is 6.91. The Morgan fingerprint density at radius 3 is 2.46 bits per heavy atom. The third-order valence-corrected chi connectivity index (χ3v) is 5.61. The molecule has 2 aliphatic heterocycles. The highest BCUT2D eigenvalue weighted by Crippen LogP contribution is 2.38. The lowest BCUT2D eigenvalue weighted by Crippen LogP contribution is -2.14. The standard InChI is InChI=1S/C26H19F5N6O2/c1-14(38)13-39-16-6-7-17(19(9-16)26(29,30)31)21-8-5-15(35-36-21)11-37-12-23-22(10-32-37)33-25(34-23)18-3-2-4-20(27)24(18)28/h2-10,12,14,38H,11,13H2,1H3. The van der Waals surface area contributed by atoms with Gasteiger partial charge in [0.15, 0.2) is 17.5 Å². The van der Waals surface area contributed by atoms with Crippen LogP contribution in [0.4, 0.5) is 22.0 Å². The number of hydrogen-bond acceptors (Lipinski definition) is 7. The summed E-state index contributed by atoms with van der Waals surface area (Å²) >= 11 is 0. The summed E-state index contributed by atoms with van der Waals surface area (Å²) in [6.45, 7) is 1.42. The molecule has 0 aliphatic carbocycles. The zero-order valence-electron chi connectivity index (χ0n) is 20.2. The van der Waals surface area contributed by atoms with E-state index in [0.29, 0.717) is 17.1 Å². The average molecular weight is 542 g/mol. The van der Waals surface area contributed by atoms with Crippen LogP contribution in [0.25, 0.3) is 34.0 Å². The number of hydrogen-bond donors (Lipinski definition) is 1. The third kappa shape index (κ3) is 5.67. The first-order chi connectivity index (χ1) is 18.6. The highest BCUT2D eigenvalue weighted by molar-refractivity contribution is 5.66. The van der Waals surface area contributed by atoms with Crippen molar-refractivity contribution in [1.82, 2.24) is 29.9 Å². The van der Waals surface area contributed by atoms with Crippen LogP contribution >= 0.6 is 0 Å². The quantitative estimate of drug-likeness (QED) is 0.289. The van der Waals surface area contributed by atoms with E-state index in [1.807, 2.05) is 0 Å². The highest BCUT2D eigenvalue weighted by Gasteiger charge is 2.34. The second kappa shape index (κ2) is 10.3. The van der Waals surface area contributed by atoms with Gasteiger partial charge in [-0.05, 0) is 49.4 Å². The zero-order chi connectivity index (χ0) is 27.7. The summed E-state index contributed by atoms with van der Waals surface area (Å²) in [5.41, 5.74) is -0.0632. The molecule has 0 saturated heterocycles. The fraction of sp³-hybridized carbons (Fsp3) is 0.192. The van der Waals surface area contributed by atoms with Crippen molar-refractivity contribution in [3.05, 3.63) is 83.8 Å². The van der Waals surface area contributed by atoms with Crippen LogP contribution in [-0.4, -0.2) is 47.8 Å². The minimum atomic E-state index is -4.68. The summed E-state index contributed by atoms with van der Waals surface area (Å²) in [6, 6.07) is 10.1. The molecule has 2 aromatic carbocycles. The van der Waals surface area contributed by atoms with Crippen LogP contribution in [0.2, 0.25) is 0 Å².